The average Bonchev–Trinajstić information content (AvgIpc) is 2.42. The first kappa shape index (κ1) is 14.6. The number of carbonyl (C=O) groups excluding carboxylic acids is 1. The third kappa shape index (κ3) is 3.38. The van der Waals surface area contributed by atoms with E-state index in [0.29, 0.717) is 24.3 Å². The summed E-state index contributed by atoms with van der Waals surface area (Å²) in [5.41, 5.74) is 6.23. The minimum atomic E-state index is -2.92. The highest BCUT2D eigenvalue weighted by atomic mass is 32.2. The average molecular weight is 299 g/mol. The van der Waals surface area contributed by atoms with E-state index < -0.39 is 15.8 Å². The molecule has 20 heavy (non-hydrogen) atoms. The standard InChI is InChI=1S/C12H17N3O4S/c1-19-12(16)10-6-8(13)7-14-11(10)15-9-2-4-20(17,18)5-3-9/h6-7,9H,2-5,13H2,1H3,(H,14,15). The van der Waals surface area contributed by atoms with Crippen molar-refractivity contribution in [2.24, 2.45) is 0 Å². The van der Waals surface area contributed by atoms with Crippen LogP contribution in [0.25, 0.3) is 0 Å². The molecule has 0 unspecified atom stereocenters. The second-order valence-electron chi connectivity index (χ2n) is 4.73. The number of pyridine rings is 1. The molecule has 0 atom stereocenters. The highest BCUT2D eigenvalue weighted by Crippen LogP contribution is 2.21. The molecule has 1 aliphatic rings. The fourth-order valence-electron chi connectivity index (χ4n) is 2.09. The van der Waals surface area contributed by atoms with Gasteiger partial charge in [-0.3, -0.25) is 0 Å². The lowest BCUT2D eigenvalue weighted by Gasteiger charge is -2.24. The van der Waals surface area contributed by atoms with Gasteiger partial charge in [-0.1, -0.05) is 0 Å². The molecule has 0 amide bonds. The minimum Gasteiger partial charge on any atom is -0.465 e. The van der Waals surface area contributed by atoms with Crippen LogP contribution in [0.1, 0.15) is 23.2 Å². The number of aromatic nitrogens is 1. The van der Waals surface area contributed by atoms with Crippen LogP contribution in [0.3, 0.4) is 0 Å². The zero-order valence-corrected chi connectivity index (χ0v) is 11.9. The number of ether oxygens (including phenoxy) is 1. The number of hydrogen-bond acceptors (Lipinski definition) is 7. The molecular weight excluding hydrogens is 282 g/mol. The summed E-state index contributed by atoms with van der Waals surface area (Å²) in [6.45, 7) is 0. The number of nitrogens with one attached hydrogen (secondary N) is 1. The summed E-state index contributed by atoms with van der Waals surface area (Å²) in [6, 6.07) is 1.46. The number of nitrogens with two attached hydrogens (primary N) is 1. The lowest BCUT2D eigenvalue weighted by atomic mass is 10.1. The molecule has 0 aromatic carbocycles. The predicted molar refractivity (Wildman–Crippen MR) is 75.3 cm³/mol. The van der Waals surface area contributed by atoms with Crippen LogP contribution in [0.5, 0.6) is 0 Å². The molecule has 2 heterocycles. The van der Waals surface area contributed by atoms with Gasteiger partial charge < -0.3 is 15.8 Å². The number of sulfone groups is 1. The molecule has 1 fully saturated rings. The van der Waals surface area contributed by atoms with Crippen molar-refractivity contribution in [2.75, 3.05) is 29.7 Å². The number of methoxy groups -OCH3 is 1. The van der Waals surface area contributed by atoms with Crippen molar-refractivity contribution in [3.8, 4) is 0 Å². The highest BCUT2D eigenvalue weighted by Gasteiger charge is 2.25. The van der Waals surface area contributed by atoms with Crippen molar-refractivity contribution >= 4 is 27.3 Å². The van der Waals surface area contributed by atoms with E-state index in [1.54, 1.807) is 0 Å². The van der Waals surface area contributed by atoms with E-state index in [-0.39, 0.29) is 23.1 Å². The smallest absolute Gasteiger partial charge is 0.341 e. The largest absolute Gasteiger partial charge is 0.465 e. The molecule has 2 rings (SSSR count). The fourth-order valence-corrected chi connectivity index (χ4v) is 3.58. The van der Waals surface area contributed by atoms with Crippen LogP contribution in [0.4, 0.5) is 11.5 Å². The first-order chi connectivity index (χ1) is 9.41. The van der Waals surface area contributed by atoms with Gasteiger partial charge in [-0.2, -0.15) is 0 Å². The van der Waals surface area contributed by atoms with Crippen LogP contribution in [0, 0.1) is 0 Å². The van der Waals surface area contributed by atoms with Gasteiger partial charge in [-0.05, 0) is 18.9 Å². The molecule has 8 heteroatoms. The van der Waals surface area contributed by atoms with E-state index in [9.17, 15) is 13.2 Å². The van der Waals surface area contributed by atoms with E-state index in [1.165, 1.54) is 19.4 Å². The third-order valence-electron chi connectivity index (χ3n) is 3.21. The summed E-state index contributed by atoms with van der Waals surface area (Å²) in [7, 11) is -1.64. The number of anilines is 2. The number of nitrogen functional groups attached to an aromatic ring is 1. The lowest BCUT2D eigenvalue weighted by Crippen LogP contribution is -2.33. The Hall–Kier alpha value is -1.83. The molecule has 0 saturated carbocycles. The van der Waals surface area contributed by atoms with Crippen LogP contribution in [-0.4, -0.2) is 44.0 Å². The molecular formula is C12H17N3O4S. The Morgan fingerprint density at radius 3 is 2.70 bits per heavy atom. The quantitative estimate of drug-likeness (QED) is 0.779. The monoisotopic (exact) mass is 299 g/mol. The number of nitrogens with zero attached hydrogens (tertiary/aromatic N) is 1. The van der Waals surface area contributed by atoms with E-state index in [0.717, 1.165) is 0 Å². The zero-order valence-electron chi connectivity index (χ0n) is 11.1. The summed E-state index contributed by atoms with van der Waals surface area (Å²) < 4.78 is 27.4. The highest BCUT2D eigenvalue weighted by molar-refractivity contribution is 7.91. The van der Waals surface area contributed by atoms with Gasteiger partial charge >= 0.3 is 5.97 Å². The normalized spacial score (nSPS) is 18.4. The second kappa shape index (κ2) is 5.66. The maximum atomic E-state index is 11.7. The summed E-state index contributed by atoms with van der Waals surface area (Å²) in [5, 5.41) is 3.10. The van der Waals surface area contributed by atoms with Crippen LogP contribution in [0.15, 0.2) is 12.3 Å². The Morgan fingerprint density at radius 1 is 1.45 bits per heavy atom. The number of rotatable bonds is 3. The SMILES string of the molecule is COC(=O)c1cc(N)cnc1NC1CCS(=O)(=O)CC1. The molecule has 1 aromatic rings. The number of carbonyl (C=O) groups is 1. The maximum absolute atomic E-state index is 11.7. The summed E-state index contributed by atoms with van der Waals surface area (Å²) in [6.07, 6.45) is 2.43. The molecule has 1 aliphatic heterocycles. The lowest BCUT2D eigenvalue weighted by molar-refractivity contribution is 0.0601. The van der Waals surface area contributed by atoms with E-state index in [2.05, 4.69) is 15.0 Å². The van der Waals surface area contributed by atoms with Crippen LogP contribution in [-0.2, 0) is 14.6 Å². The van der Waals surface area contributed by atoms with Gasteiger partial charge in [-0.15, -0.1) is 0 Å². The topological polar surface area (TPSA) is 111 Å². The Kier molecular flexibility index (Phi) is 4.12. The van der Waals surface area contributed by atoms with E-state index >= 15 is 0 Å². The van der Waals surface area contributed by atoms with Crippen molar-refractivity contribution in [1.82, 2.24) is 4.98 Å². The van der Waals surface area contributed by atoms with Gasteiger partial charge in [0.05, 0.1) is 30.5 Å². The van der Waals surface area contributed by atoms with Gasteiger partial charge in [-0.25, -0.2) is 18.2 Å². The molecule has 0 bridgehead atoms. The Bertz CT molecular complexity index is 601. The van der Waals surface area contributed by atoms with Crippen LogP contribution < -0.4 is 11.1 Å². The van der Waals surface area contributed by atoms with Gasteiger partial charge in [0.25, 0.3) is 0 Å². The Labute approximate surface area is 117 Å². The Morgan fingerprint density at radius 2 is 2.10 bits per heavy atom. The van der Waals surface area contributed by atoms with Gasteiger partial charge in [0, 0.05) is 6.04 Å². The summed E-state index contributed by atoms with van der Waals surface area (Å²) >= 11 is 0. The molecule has 1 aromatic heterocycles. The van der Waals surface area contributed by atoms with E-state index in [1.807, 2.05) is 0 Å². The van der Waals surface area contributed by atoms with Crippen LogP contribution >= 0.6 is 0 Å². The number of esters is 1. The van der Waals surface area contributed by atoms with Crippen molar-refractivity contribution in [3.63, 3.8) is 0 Å². The second-order valence-corrected chi connectivity index (χ2v) is 7.03. The molecule has 0 spiro atoms. The van der Waals surface area contributed by atoms with Gasteiger partial charge in [0.15, 0.2) is 0 Å². The molecule has 7 nitrogen and oxygen atoms in total. The third-order valence-corrected chi connectivity index (χ3v) is 4.93. The summed E-state index contributed by atoms with van der Waals surface area (Å²) in [5.74, 6) is 0.131. The van der Waals surface area contributed by atoms with Gasteiger partial charge in [0.1, 0.15) is 21.2 Å². The van der Waals surface area contributed by atoms with Crippen LogP contribution in [0.2, 0.25) is 0 Å². The minimum absolute atomic E-state index is 0.0296. The van der Waals surface area contributed by atoms with Gasteiger partial charge in [0.2, 0.25) is 0 Å². The molecule has 0 aliphatic carbocycles. The first-order valence-electron chi connectivity index (χ1n) is 6.22. The number of hydrogen-bond donors (Lipinski definition) is 2. The molecule has 0 radical (unpaired) electrons. The van der Waals surface area contributed by atoms with E-state index in [4.69, 9.17) is 5.73 Å². The molecule has 1 saturated heterocycles. The van der Waals surface area contributed by atoms with Crippen molar-refractivity contribution in [2.45, 2.75) is 18.9 Å². The van der Waals surface area contributed by atoms with Crippen molar-refractivity contribution in [1.29, 1.82) is 0 Å². The van der Waals surface area contributed by atoms with Crippen molar-refractivity contribution in [3.05, 3.63) is 17.8 Å². The zero-order chi connectivity index (χ0) is 14.8. The predicted octanol–water partition coefficient (Wildman–Crippen LogP) is 0.440. The first-order valence-corrected chi connectivity index (χ1v) is 8.04. The Balaban J connectivity index is 2.15. The molecule has 110 valence electrons. The fraction of sp³-hybridized carbons (Fsp3) is 0.500. The van der Waals surface area contributed by atoms with Crippen molar-refractivity contribution < 1.29 is 17.9 Å². The maximum Gasteiger partial charge on any atom is 0.341 e. The summed E-state index contributed by atoms with van der Waals surface area (Å²) in [4.78, 5) is 15.8. The molecule has 3 N–H and O–H groups in total.